The van der Waals surface area contributed by atoms with Gasteiger partial charge in [-0.3, -0.25) is 19.8 Å². The van der Waals surface area contributed by atoms with Crippen LogP contribution in [-0.4, -0.2) is 60.2 Å². The van der Waals surface area contributed by atoms with Gasteiger partial charge >= 0.3 is 12.2 Å². The highest BCUT2D eigenvalue weighted by Crippen LogP contribution is 2.49. The van der Waals surface area contributed by atoms with Gasteiger partial charge in [0.2, 0.25) is 5.91 Å². The zero-order valence-corrected chi connectivity index (χ0v) is 24.2. The summed E-state index contributed by atoms with van der Waals surface area (Å²) in [6.07, 6.45) is 0.996. The fourth-order valence-corrected chi connectivity index (χ4v) is 6.17. The highest BCUT2D eigenvalue weighted by molar-refractivity contribution is 5.98. The van der Waals surface area contributed by atoms with Crippen molar-refractivity contribution in [3.63, 3.8) is 0 Å². The van der Waals surface area contributed by atoms with E-state index in [4.69, 9.17) is 4.74 Å². The van der Waals surface area contributed by atoms with E-state index in [0.717, 1.165) is 23.3 Å². The third-order valence-electron chi connectivity index (χ3n) is 8.63. The standard InChI is InChI=1S/C33H33FN4O6/c1-37(32(42)43)23-12-10-22(11-13-23)29(39)35-26(18-20-6-3-2-4-7-20)30(40)38-17-5-16-33(19-38)27-25(36-31(41)44-33)15-14-24(28(27)34)21-8-9-21/h2-4,6-7,10-15,21,26H,5,8-9,16-19H2,1H3,(H,35,39)(H,36,41)(H,42,43)/t26-,33-/m0/s1. The van der Waals surface area contributed by atoms with Crippen LogP contribution in [0.3, 0.4) is 0 Å². The number of nitrogens with zero attached hydrogens (tertiary/aromatic N) is 2. The smallest absolute Gasteiger partial charge is 0.412 e. The van der Waals surface area contributed by atoms with Gasteiger partial charge in [-0.25, -0.2) is 14.0 Å². The lowest BCUT2D eigenvalue weighted by Crippen LogP contribution is -2.58. The number of carbonyl (C=O) groups is 4. The molecule has 2 aliphatic heterocycles. The van der Waals surface area contributed by atoms with Crippen molar-refractivity contribution in [1.29, 1.82) is 0 Å². The first kappa shape index (κ1) is 29.2. The zero-order valence-electron chi connectivity index (χ0n) is 24.2. The first-order valence-electron chi connectivity index (χ1n) is 14.7. The van der Waals surface area contributed by atoms with Crippen molar-refractivity contribution in [3.8, 4) is 0 Å². The van der Waals surface area contributed by atoms with E-state index in [0.29, 0.717) is 36.3 Å². The summed E-state index contributed by atoms with van der Waals surface area (Å²) in [6.45, 7) is 0.302. The quantitative estimate of drug-likeness (QED) is 0.340. The minimum absolute atomic E-state index is 0.0470. The molecule has 1 spiro atoms. The van der Waals surface area contributed by atoms with Gasteiger partial charge in [-0.1, -0.05) is 36.4 Å². The lowest BCUT2D eigenvalue weighted by atomic mass is 9.81. The number of halogens is 1. The van der Waals surface area contributed by atoms with Gasteiger partial charge in [-0.2, -0.15) is 0 Å². The molecule has 0 bridgehead atoms. The van der Waals surface area contributed by atoms with Gasteiger partial charge < -0.3 is 20.1 Å². The largest absolute Gasteiger partial charge is 0.465 e. The number of hydrogen-bond acceptors (Lipinski definition) is 5. The molecule has 10 nitrogen and oxygen atoms in total. The molecule has 11 heteroatoms. The van der Waals surface area contributed by atoms with E-state index in [1.165, 1.54) is 31.3 Å². The number of carbonyl (C=O) groups excluding carboxylic acids is 3. The van der Waals surface area contributed by atoms with Crippen LogP contribution in [0.25, 0.3) is 0 Å². The van der Waals surface area contributed by atoms with Gasteiger partial charge in [-0.05, 0) is 73.1 Å². The fraction of sp³-hybridized carbons (Fsp3) is 0.333. The topological polar surface area (TPSA) is 128 Å². The summed E-state index contributed by atoms with van der Waals surface area (Å²) >= 11 is 0. The van der Waals surface area contributed by atoms with E-state index >= 15 is 4.39 Å². The normalized spacial score (nSPS) is 19.8. The van der Waals surface area contributed by atoms with E-state index in [2.05, 4.69) is 10.6 Å². The number of anilines is 2. The molecule has 1 saturated carbocycles. The SMILES string of the molecule is CN(C(=O)O)c1ccc(C(=O)N[C@@H](Cc2ccccc2)C(=O)N2CCC[C@@]3(C2)OC(=O)Nc2ccc(C4CC4)c(F)c23)cc1. The molecule has 3 aromatic rings. The molecule has 1 saturated heterocycles. The van der Waals surface area contributed by atoms with Gasteiger partial charge in [0.05, 0.1) is 17.8 Å². The number of nitrogens with one attached hydrogen (secondary N) is 2. The average Bonchev–Trinajstić information content (AvgIpc) is 3.86. The minimum atomic E-state index is -1.35. The maximum atomic E-state index is 16.0. The Morgan fingerprint density at radius 1 is 1.11 bits per heavy atom. The van der Waals surface area contributed by atoms with Crippen LogP contribution in [0, 0.1) is 5.82 Å². The number of likely N-dealkylation sites (tertiary alicyclic amines) is 1. The molecule has 1 aliphatic carbocycles. The molecule has 0 unspecified atom stereocenters. The minimum Gasteiger partial charge on any atom is -0.465 e. The van der Waals surface area contributed by atoms with Crippen LogP contribution in [0.4, 0.5) is 25.4 Å². The average molecular weight is 601 g/mol. The number of ether oxygens (including phenoxy) is 1. The number of carboxylic acid groups (broad SMARTS) is 1. The van der Waals surface area contributed by atoms with Crippen molar-refractivity contribution in [2.75, 3.05) is 30.4 Å². The van der Waals surface area contributed by atoms with Crippen LogP contribution >= 0.6 is 0 Å². The summed E-state index contributed by atoms with van der Waals surface area (Å²) in [5, 5.41) is 14.7. The number of amides is 4. The van der Waals surface area contributed by atoms with Crippen molar-refractivity contribution in [3.05, 3.63) is 94.8 Å². The summed E-state index contributed by atoms with van der Waals surface area (Å²) in [5.41, 5.74) is 1.34. The van der Waals surface area contributed by atoms with Crippen molar-refractivity contribution in [2.45, 2.75) is 49.7 Å². The van der Waals surface area contributed by atoms with Crippen LogP contribution in [0.15, 0.2) is 66.7 Å². The second kappa shape index (κ2) is 11.6. The molecule has 2 atom stereocenters. The molecule has 3 N–H and O–H groups in total. The summed E-state index contributed by atoms with van der Waals surface area (Å²) in [6, 6.07) is 17.7. The molecule has 6 rings (SSSR count). The van der Waals surface area contributed by atoms with E-state index < -0.39 is 35.6 Å². The molecular weight excluding hydrogens is 567 g/mol. The van der Waals surface area contributed by atoms with E-state index in [1.807, 2.05) is 30.3 Å². The predicted molar refractivity (Wildman–Crippen MR) is 160 cm³/mol. The predicted octanol–water partition coefficient (Wildman–Crippen LogP) is 5.24. The van der Waals surface area contributed by atoms with Gasteiger partial charge in [-0.15, -0.1) is 0 Å². The van der Waals surface area contributed by atoms with Crippen molar-refractivity contribution in [1.82, 2.24) is 10.2 Å². The summed E-state index contributed by atoms with van der Waals surface area (Å²) in [7, 11) is 1.40. The Bertz CT molecular complexity index is 1610. The first-order valence-corrected chi connectivity index (χ1v) is 14.7. The Kier molecular flexibility index (Phi) is 7.71. The second-order valence-corrected chi connectivity index (χ2v) is 11.6. The summed E-state index contributed by atoms with van der Waals surface area (Å²) in [5.74, 6) is -1.14. The Balaban J connectivity index is 1.28. The fourth-order valence-electron chi connectivity index (χ4n) is 6.17. The molecule has 3 aliphatic rings. The van der Waals surface area contributed by atoms with Gasteiger partial charge in [0, 0.05) is 31.3 Å². The molecule has 228 valence electrons. The maximum absolute atomic E-state index is 16.0. The summed E-state index contributed by atoms with van der Waals surface area (Å²) < 4.78 is 21.9. The third-order valence-corrected chi connectivity index (χ3v) is 8.63. The van der Waals surface area contributed by atoms with Crippen LogP contribution in [0.2, 0.25) is 0 Å². The molecule has 44 heavy (non-hydrogen) atoms. The van der Waals surface area contributed by atoms with Crippen LogP contribution < -0.4 is 15.5 Å². The molecule has 3 aromatic carbocycles. The molecule has 0 radical (unpaired) electrons. The third kappa shape index (κ3) is 5.69. The number of fused-ring (bicyclic) bond motifs is 2. The lowest BCUT2D eigenvalue weighted by molar-refractivity contribution is -0.141. The highest BCUT2D eigenvalue weighted by atomic mass is 19.1. The first-order chi connectivity index (χ1) is 21.1. The second-order valence-electron chi connectivity index (χ2n) is 11.6. The molecule has 4 amide bonds. The van der Waals surface area contributed by atoms with Gasteiger partial charge in [0.1, 0.15) is 11.9 Å². The molecule has 2 heterocycles. The Morgan fingerprint density at radius 3 is 2.52 bits per heavy atom. The van der Waals surface area contributed by atoms with E-state index in [-0.39, 0.29) is 35.9 Å². The van der Waals surface area contributed by atoms with Crippen LogP contribution in [0.5, 0.6) is 0 Å². The molecule has 0 aromatic heterocycles. The Morgan fingerprint density at radius 2 is 1.84 bits per heavy atom. The summed E-state index contributed by atoms with van der Waals surface area (Å²) in [4.78, 5) is 54.0. The van der Waals surface area contributed by atoms with Crippen molar-refractivity contribution < 1.29 is 33.4 Å². The van der Waals surface area contributed by atoms with Gasteiger partial charge in [0.15, 0.2) is 5.60 Å². The number of benzene rings is 3. The lowest BCUT2D eigenvalue weighted by Gasteiger charge is -2.46. The van der Waals surface area contributed by atoms with Crippen molar-refractivity contribution >= 4 is 35.4 Å². The number of hydrogen-bond donors (Lipinski definition) is 3. The highest BCUT2D eigenvalue weighted by Gasteiger charge is 2.49. The maximum Gasteiger partial charge on any atom is 0.412 e. The van der Waals surface area contributed by atoms with Crippen LogP contribution in [-0.2, 0) is 21.6 Å². The number of piperidine rings is 1. The Hall–Kier alpha value is -4.93. The number of rotatable bonds is 7. The molecule has 2 fully saturated rings. The Labute approximate surface area is 253 Å². The van der Waals surface area contributed by atoms with Crippen molar-refractivity contribution in [2.24, 2.45) is 0 Å². The zero-order chi connectivity index (χ0) is 31.0. The monoisotopic (exact) mass is 600 g/mol. The van der Waals surface area contributed by atoms with E-state index in [1.54, 1.807) is 17.0 Å². The van der Waals surface area contributed by atoms with Crippen LogP contribution in [0.1, 0.15) is 58.6 Å². The van der Waals surface area contributed by atoms with E-state index in [9.17, 15) is 24.3 Å². The van der Waals surface area contributed by atoms with Gasteiger partial charge in [0.25, 0.3) is 5.91 Å². The molecular formula is C33H33FN4O6.